The molecule has 0 radical (unpaired) electrons. The molecule has 1 aromatic heterocycles. The summed E-state index contributed by atoms with van der Waals surface area (Å²) in [6.07, 6.45) is 5.57. The largest absolute Gasteiger partial charge is 0.379 e. The molecule has 1 atom stereocenters. The van der Waals surface area contributed by atoms with Crippen molar-refractivity contribution >= 4 is 5.91 Å². The number of carbonyl (C=O) groups excluding carboxylic acids is 1. The van der Waals surface area contributed by atoms with E-state index in [9.17, 15) is 4.79 Å². The first kappa shape index (κ1) is 17.4. The van der Waals surface area contributed by atoms with Crippen molar-refractivity contribution in [1.82, 2.24) is 15.0 Å². The predicted molar refractivity (Wildman–Crippen MR) is 90.7 cm³/mol. The van der Waals surface area contributed by atoms with Crippen LogP contribution in [0.2, 0.25) is 0 Å². The molecule has 3 heterocycles. The average Bonchev–Trinajstić information content (AvgIpc) is 2.78. The molecule has 2 aliphatic heterocycles. The van der Waals surface area contributed by atoms with Crippen LogP contribution in [0.15, 0.2) is 10.6 Å². The lowest BCUT2D eigenvalue weighted by Crippen LogP contribution is -2.41. The topological polar surface area (TPSA) is 58.8 Å². The molecule has 0 N–H and O–H groups in total. The Bertz CT molecular complexity index is 523. The zero-order valence-electron chi connectivity index (χ0n) is 14.7. The smallest absolute Gasteiger partial charge is 0.230 e. The first-order valence-electron chi connectivity index (χ1n) is 9.21. The van der Waals surface area contributed by atoms with E-state index in [1.807, 2.05) is 17.9 Å². The van der Waals surface area contributed by atoms with Crippen LogP contribution in [0.5, 0.6) is 0 Å². The van der Waals surface area contributed by atoms with Gasteiger partial charge in [0, 0.05) is 31.6 Å². The van der Waals surface area contributed by atoms with Gasteiger partial charge in [-0.15, -0.1) is 0 Å². The summed E-state index contributed by atoms with van der Waals surface area (Å²) in [6, 6.07) is 1.83. The van der Waals surface area contributed by atoms with E-state index >= 15 is 0 Å². The predicted octanol–water partition coefficient (Wildman–Crippen LogP) is 1.88. The van der Waals surface area contributed by atoms with Crippen molar-refractivity contribution in [2.24, 2.45) is 5.92 Å². The molecule has 6 nitrogen and oxygen atoms in total. The van der Waals surface area contributed by atoms with Crippen LogP contribution in [0, 0.1) is 12.8 Å². The molecule has 24 heavy (non-hydrogen) atoms. The zero-order valence-corrected chi connectivity index (χ0v) is 14.7. The standard InChI is InChI=1S/C18H29N3O3/c1-15-10-17(24-19-15)11-18(22)21-8-9-23-14-16(13-21)12-20-6-4-2-3-5-7-20/h10,16H,2-9,11-14H2,1H3. The van der Waals surface area contributed by atoms with Crippen LogP contribution < -0.4 is 0 Å². The van der Waals surface area contributed by atoms with Gasteiger partial charge in [0.05, 0.1) is 25.3 Å². The lowest BCUT2D eigenvalue weighted by molar-refractivity contribution is -0.131. The summed E-state index contributed by atoms with van der Waals surface area (Å²) in [4.78, 5) is 17.1. The Kier molecular flexibility index (Phi) is 6.26. The van der Waals surface area contributed by atoms with E-state index in [4.69, 9.17) is 9.26 Å². The molecule has 0 saturated carbocycles. The molecule has 0 bridgehead atoms. The number of rotatable bonds is 4. The Labute approximate surface area is 144 Å². The van der Waals surface area contributed by atoms with Crippen molar-refractivity contribution < 1.29 is 14.1 Å². The fourth-order valence-electron chi connectivity index (χ4n) is 3.66. The Morgan fingerprint density at radius 1 is 1.25 bits per heavy atom. The van der Waals surface area contributed by atoms with E-state index < -0.39 is 0 Å². The average molecular weight is 335 g/mol. The number of carbonyl (C=O) groups is 1. The van der Waals surface area contributed by atoms with E-state index in [2.05, 4.69) is 10.1 Å². The van der Waals surface area contributed by atoms with E-state index in [1.54, 1.807) is 0 Å². The molecule has 1 aromatic rings. The second-order valence-corrected chi connectivity index (χ2v) is 7.11. The van der Waals surface area contributed by atoms with Gasteiger partial charge in [-0.3, -0.25) is 4.79 Å². The zero-order chi connectivity index (χ0) is 16.8. The molecule has 1 amide bonds. The van der Waals surface area contributed by atoms with Crippen LogP contribution in [-0.4, -0.2) is 66.8 Å². The number of hydrogen-bond acceptors (Lipinski definition) is 5. The molecule has 0 aliphatic carbocycles. The normalized spacial score (nSPS) is 23.7. The maximum absolute atomic E-state index is 12.6. The number of amides is 1. The van der Waals surface area contributed by atoms with Crippen molar-refractivity contribution in [2.75, 3.05) is 45.9 Å². The second kappa shape index (κ2) is 8.62. The molecule has 2 aliphatic rings. The van der Waals surface area contributed by atoms with Crippen LogP contribution in [0.25, 0.3) is 0 Å². The maximum Gasteiger partial charge on any atom is 0.230 e. The number of hydrogen-bond donors (Lipinski definition) is 0. The van der Waals surface area contributed by atoms with Crippen molar-refractivity contribution in [1.29, 1.82) is 0 Å². The third-order valence-electron chi connectivity index (χ3n) is 4.91. The first-order chi connectivity index (χ1) is 11.7. The lowest BCUT2D eigenvalue weighted by atomic mass is 10.1. The highest BCUT2D eigenvalue weighted by atomic mass is 16.5. The molecule has 6 heteroatoms. The molecule has 0 spiro atoms. The third kappa shape index (κ3) is 5.05. The molecule has 0 aromatic carbocycles. The third-order valence-corrected chi connectivity index (χ3v) is 4.91. The fourth-order valence-corrected chi connectivity index (χ4v) is 3.66. The van der Waals surface area contributed by atoms with Gasteiger partial charge in [0.25, 0.3) is 0 Å². The number of aryl methyl sites for hydroxylation is 1. The molecular weight excluding hydrogens is 306 g/mol. The maximum atomic E-state index is 12.6. The highest BCUT2D eigenvalue weighted by Crippen LogP contribution is 2.15. The van der Waals surface area contributed by atoms with Crippen LogP contribution in [0.3, 0.4) is 0 Å². The van der Waals surface area contributed by atoms with Gasteiger partial charge in [-0.25, -0.2) is 0 Å². The van der Waals surface area contributed by atoms with Crippen LogP contribution in [0.4, 0.5) is 0 Å². The highest BCUT2D eigenvalue weighted by Gasteiger charge is 2.25. The van der Waals surface area contributed by atoms with E-state index in [0.29, 0.717) is 24.8 Å². The minimum Gasteiger partial charge on any atom is -0.379 e. The number of nitrogens with zero attached hydrogens (tertiary/aromatic N) is 3. The summed E-state index contributed by atoms with van der Waals surface area (Å²) < 4.78 is 10.9. The number of likely N-dealkylation sites (tertiary alicyclic amines) is 1. The summed E-state index contributed by atoms with van der Waals surface area (Å²) >= 11 is 0. The molecular formula is C18H29N3O3. The molecule has 3 rings (SSSR count). The minimum atomic E-state index is 0.109. The van der Waals surface area contributed by atoms with Crippen molar-refractivity contribution in [3.63, 3.8) is 0 Å². The molecule has 134 valence electrons. The van der Waals surface area contributed by atoms with Crippen LogP contribution >= 0.6 is 0 Å². The Morgan fingerprint density at radius 3 is 2.75 bits per heavy atom. The molecule has 2 saturated heterocycles. The van der Waals surface area contributed by atoms with Crippen LogP contribution in [-0.2, 0) is 16.0 Å². The SMILES string of the molecule is Cc1cc(CC(=O)N2CCOCC(CN3CCCCCC3)C2)on1. The van der Waals surface area contributed by atoms with Crippen molar-refractivity contribution in [3.05, 3.63) is 17.5 Å². The summed E-state index contributed by atoms with van der Waals surface area (Å²) in [7, 11) is 0. The van der Waals surface area contributed by atoms with Gasteiger partial charge in [-0.1, -0.05) is 18.0 Å². The summed E-state index contributed by atoms with van der Waals surface area (Å²) in [5.41, 5.74) is 0.816. The van der Waals surface area contributed by atoms with E-state index in [0.717, 1.165) is 25.4 Å². The first-order valence-corrected chi connectivity index (χ1v) is 9.21. The summed E-state index contributed by atoms with van der Waals surface area (Å²) in [6.45, 7) is 8.09. The van der Waals surface area contributed by atoms with Gasteiger partial charge >= 0.3 is 0 Å². The molecule has 1 unspecified atom stereocenters. The van der Waals surface area contributed by atoms with Gasteiger partial charge < -0.3 is 19.1 Å². The van der Waals surface area contributed by atoms with Crippen molar-refractivity contribution in [2.45, 2.75) is 39.0 Å². The van der Waals surface area contributed by atoms with E-state index in [1.165, 1.54) is 38.8 Å². The summed E-state index contributed by atoms with van der Waals surface area (Å²) in [5, 5.41) is 3.86. The van der Waals surface area contributed by atoms with Gasteiger partial charge in [-0.2, -0.15) is 0 Å². The van der Waals surface area contributed by atoms with Crippen molar-refractivity contribution in [3.8, 4) is 0 Å². The van der Waals surface area contributed by atoms with Gasteiger partial charge in [0.15, 0.2) is 0 Å². The van der Waals surface area contributed by atoms with Gasteiger partial charge in [-0.05, 0) is 32.9 Å². The summed E-state index contributed by atoms with van der Waals surface area (Å²) in [5.74, 6) is 1.15. The number of aromatic nitrogens is 1. The Hall–Kier alpha value is -1.40. The Balaban J connectivity index is 1.54. The van der Waals surface area contributed by atoms with Crippen LogP contribution in [0.1, 0.15) is 37.1 Å². The van der Waals surface area contributed by atoms with E-state index in [-0.39, 0.29) is 12.3 Å². The monoisotopic (exact) mass is 335 g/mol. The Morgan fingerprint density at radius 2 is 2.04 bits per heavy atom. The number of ether oxygens (including phenoxy) is 1. The molecule has 2 fully saturated rings. The van der Waals surface area contributed by atoms with Gasteiger partial charge in [0.1, 0.15) is 5.76 Å². The highest BCUT2D eigenvalue weighted by molar-refractivity contribution is 5.78. The quantitative estimate of drug-likeness (QED) is 0.841. The second-order valence-electron chi connectivity index (χ2n) is 7.11. The van der Waals surface area contributed by atoms with Gasteiger partial charge in [0.2, 0.25) is 5.91 Å². The minimum absolute atomic E-state index is 0.109. The lowest BCUT2D eigenvalue weighted by Gasteiger charge is -2.28. The fraction of sp³-hybridized carbons (Fsp3) is 0.778.